The van der Waals surface area contributed by atoms with E-state index in [-0.39, 0.29) is 5.56 Å². The van der Waals surface area contributed by atoms with Gasteiger partial charge in [-0.25, -0.2) is 0 Å². The smallest absolute Gasteiger partial charge is 0.358 e. The van der Waals surface area contributed by atoms with E-state index in [1.807, 2.05) is 0 Å². The lowest BCUT2D eigenvalue weighted by atomic mass is 10.2. The van der Waals surface area contributed by atoms with E-state index >= 15 is 0 Å². The average molecular weight is 263 g/mol. The summed E-state index contributed by atoms with van der Waals surface area (Å²) in [4.78, 5) is 36.9. The Kier molecular flexibility index (Phi) is 4.46. The summed E-state index contributed by atoms with van der Waals surface area (Å²) in [5.74, 6) is -1.66. The zero-order valence-electron chi connectivity index (χ0n) is 10.8. The molecule has 0 unspecified atom stereocenters. The summed E-state index contributed by atoms with van der Waals surface area (Å²) in [5, 5.41) is 12.8. The van der Waals surface area contributed by atoms with E-state index in [1.54, 1.807) is 19.9 Å². The minimum atomic E-state index is -0.695. The van der Waals surface area contributed by atoms with Gasteiger partial charge in [-0.05, 0) is 29.8 Å². The monoisotopic (exact) mass is 263 g/mol. The summed E-state index contributed by atoms with van der Waals surface area (Å²) in [6.07, 6.45) is 1.56. The van der Waals surface area contributed by atoms with Gasteiger partial charge in [-0.15, -0.1) is 0 Å². The molecule has 0 aromatic carbocycles. The van der Waals surface area contributed by atoms with Crippen LogP contribution >= 0.6 is 0 Å². The quantitative estimate of drug-likeness (QED) is 0.506. The number of amides is 2. The first kappa shape index (κ1) is 14.5. The van der Waals surface area contributed by atoms with Crippen molar-refractivity contribution >= 4 is 17.6 Å². The van der Waals surface area contributed by atoms with Crippen molar-refractivity contribution in [3.8, 4) is 0 Å². The molecular weight excluding hydrogens is 250 g/mol. The SMILES string of the molecule is C/C=C(\C)C(=O)NC(=O)c1cc(C)nc([N+](=O)[O-])c1. The number of pyridine rings is 1. The van der Waals surface area contributed by atoms with E-state index in [2.05, 4.69) is 10.3 Å². The minimum Gasteiger partial charge on any atom is -0.358 e. The summed E-state index contributed by atoms with van der Waals surface area (Å²) in [7, 11) is 0. The Balaban J connectivity index is 3.00. The van der Waals surface area contributed by atoms with Gasteiger partial charge in [-0.3, -0.25) is 14.9 Å². The van der Waals surface area contributed by atoms with Crippen LogP contribution in [0.15, 0.2) is 23.8 Å². The Morgan fingerprint density at radius 1 is 1.42 bits per heavy atom. The van der Waals surface area contributed by atoms with Gasteiger partial charge in [0.15, 0.2) is 5.69 Å². The van der Waals surface area contributed by atoms with Gasteiger partial charge in [0.2, 0.25) is 0 Å². The lowest BCUT2D eigenvalue weighted by Crippen LogP contribution is -2.31. The van der Waals surface area contributed by atoms with Crippen molar-refractivity contribution in [3.63, 3.8) is 0 Å². The van der Waals surface area contributed by atoms with Gasteiger partial charge < -0.3 is 10.1 Å². The third-order valence-corrected chi connectivity index (χ3v) is 2.41. The predicted molar refractivity (Wildman–Crippen MR) is 67.5 cm³/mol. The molecule has 1 aromatic rings. The van der Waals surface area contributed by atoms with Crippen LogP contribution in [0.5, 0.6) is 0 Å². The second kappa shape index (κ2) is 5.85. The van der Waals surface area contributed by atoms with Crippen LogP contribution < -0.4 is 5.32 Å². The molecule has 0 radical (unpaired) electrons. The van der Waals surface area contributed by atoms with Crippen LogP contribution in [0.2, 0.25) is 0 Å². The van der Waals surface area contributed by atoms with Gasteiger partial charge in [0, 0.05) is 18.6 Å². The molecule has 0 aliphatic heterocycles. The van der Waals surface area contributed by atoms with Gasteiger partial charge in [0.1, 0.15) is 0 Å². The summed E-state index contributed by atoms with van der Waals surface area (Å²) in [6.45, 7) is 4.76. The number of aryl methyl sites for hydroxylation is 1. The van der Waals surface area contributed by atoms with Gasteiger partial charge in [0.25, 0.3) is 11.8 Å². The summed E-state index contributed by atoms with van der Waals surface area (Å²) >= 11 is 0. The fraction of sp³-hybridized carbons (Fsp3) is 0.250. The highest BCUT2D eigenvalue weighted by atomic mass is 16.6. The molecule has 7 heteroatoms. The maximum Gasteiger partial charge on any atom is 0.364 e. The Labute approximate surface area is 109 Å². The molecule has 2 amide bonds. The summed E-state index contributed by atoms with van der Waals surface area (Å²) < 4.78 is 0. The first-order valence-corrected chi connectivity index (χ1v) is 5.46. The number of nitro groups is 1. The third kappa shape index (κ3) is 3.70. The standard InChI is InChI=1S/C12H13N3O4/c1-4-7(2)11(16)14-12(17)9-5-8(3)13-10(6-9)15(18)19/h4-6H,1-3H3,(H,14,16,17)/b7-4+. The highest BCUT2D eigenvalue weighted by Crippen LogP contribution is 2.12. The van der Waals surface area contributed by atoms with Crippen molar-refractivity contribution in [2.24, 2.45) is 0 Å². The van der Waals surface area contributed by atoms with Gasteiger partial charge in [-0.2, -0.15) is 0 Å². The molecule has 19 heavy (non-hydrogen) atoms. The number of rotatable bonds is 3. The van der Waals surface area contributed by atoms with Crippen molar-refractivity contribution in [2.75, 3.05) is 0 Å². The molecule has 0 saturated carbocycles. The van der Waals surface area contributed by atoms with Crippen LogP contribution in [-0.2, 0) is 4.79 Å². The molecule has 100 valence electrons. The molecule has 0 saturated heterocycles. The molecule has 1 aromatic heterocycles. The van der Waals surface area contributed by atoms with Crippen LogP contribution in [0.4, 0.5) is 5.82 Å². The van der Waals surface area contributed by atoms with Crippen molar-refractivity contribution in [1.29, 1.82) is 0 Å². The molecule has 7 nitrogen and oxygen atoms in total. The highest BCUT2D eigenvalue weighted by Gasteiger charge is 2.17. The van der Waals surface area contributed by atoms with E-state index in [0.29, 0.717) is 11.3 Å². The first-order chi connectivity index (χ1) is 8.85. The molecule has 1 N–H and O–H groups in total. The average Bonchev–Trinajstić information content (AvgIpc) is 2.36. The number of allylic oxidation sites excluding steroid dienone is 1. The number of nitrogens with zero attached hydrogens (tertiary/aromatic N) is 2. The molecule has 0 bridgehead atoms. The van der Waals surface area contributed by atoms with Gasteiger partial charge >= 0.3 is 5.82 Å². The molecule has 0 aliphatic rings. The van der Waals surface area contributed by atoms with Gasteiger partial charge in [0.05, 0.1) is 5.56 Å². The Morgan fingerprint density at radius 2 is 2.05 bits per heavy atom. The fourth-order valence-electron chi connectivity index (χ4n) is 1.28. The first-order valence-electron chi connectivity index (χ1n) is 5.46. The van der Waals surface area contributed by atoms with Crippen molar-refractivity contribution in [1.82, 2.24) is 10.3 Å². The number of hydrogen-bond donors (Lipinski definition) is 1. The Morgan fingerprint density at radius 3 is 2.58 bits per heavy atom. The van der Waals surface area contributed by atoms with Gasteiger partial charge in [-0.1, -0.05) is 6.08 Å². The van der Waals surface area contributed by atoms with E-state index in [1.165, 1.54) is 13.0 Å². The van der Waals surface area contributed by atoms with E-state index in [0.717, 1.165) is 6.07 Å². The zero-order valence-corrected chi connectivity index (χ0v) is 10.8. The number of carbonyl (C=O) groups excluding carboxylic acids is 2. The van der Waals surface area contributed by atoms with Crippen LogP contribution in [0.3, 0.4) is 0 Å². The number of nitrogens with one attached hydrogen (secondary N) is 1. The maximum absolute atomic E-state index is 11.8. The molecule has 0 aliphatic carbocycles. The van der Waals surface area contributed by atoms with Crippen molar-refractivity contribution in [3.05, 3.63) is 45.2 Å². The number of carbonyl (C=O) groups is 2. The van der Waals surface area contributed by atoms with Crippen LogP contribution in [0.25, 0.3) is 0 Å². The number of imide groups is 1. The molecule has 0 fully saturated rings. The van der Waals surface area contributed by atoms with E-state index < -0.39 is 22.6 Å². The highest BCUT2D eigenvalue weighted by molar-refractivity contribution is 6.09. The number of hydrogen-bond acceptors (Lipinski definition) is 5. The van der Waals surface area contributed by atoms with Crippen LogP contribution in [-0.4, -0.2) is 21.7 Å². The molecular formula is C12H13N3O4. The second-order valence-corrected chi connectivity index (χ2v) is 3.87. The fourth-order valence-corrected chi connectivity index (χ4v) is 1.28. The Bertz CT molecular complexity index is 578. The molecule has 0 atom stereocenters. The third-order valence-electron chi connectivity index (χ3n) is 2.41. The predicted octanol–water partition coefficient (Wildman–Crippen LogP) is 1.52. The van der Waals surface area contributed by atoms with E-state index in [4.69, 9.17) is 0 Å². The topological polar surface area (TPSA) is 102 Å². The van der Waals surface area contributed by atoms with E-state index in [9.17, 15) is 19.7 Å². The maximum atomic E-state index is 11.8. The lowest BCUT2D eigenvalue weighted by Gasteiger charge is -2.04. The molecule has 1 heterocycles. The zero-order chi connectivity index (χ0) is 14.6. The molecule has 1 rings (SSSR count). The largest absolute Gasteiger partial charge is 0.364 e. The lowest BCUT2D eigenvalue weighted by molar-refractivity contribution is -0.389. The van der Waals surface area contributed by atoms with Crippen molar-refractivity contribution < 1.29 is 14.5 Å². The van der Waals surface area contributed by atoms with Crippen LogP contribution in [0.1, 0.15) is 29.9 Å². The number of aromatic nitrogens is 1. The summed E-state index contributed by atoms with van der Waals surface area (Å²) in [5.41, 5.74) is 0.736. The summed E-state index contributed by atoms with van der Waals surface area (Å²) in [6, 6.07) is 2.40. The molecule has 0 spiro atoms. The van der Waals surface area contributed by atoms with Crippen molar-refractivity contribution in [2.45, 2.75) is 20.8 Å². The normalized spacial score (nSPS) is 11.0. The minimum absolute atomic E-state index is 0.0245. The van der Waals surface area contributed by atoms with Crippen LogP contribution in [0, 0.1) is 17.0 Å². The second-order valence-electron chi connectivity index (χ2n) is 3.87. The Hall–Kier alpha value is -2.57.